The molecule has 0 unspecified atom stereocenters. The second kappa shape index (κ2) is 5.59. The smallest absolute Gasteiger partial charge is 0.201 e. The molecular formula is C2H8N2O4S2. The Bertz CT molecular complexity index is 179. The van der Waals surface area contributed by atoms with Crippen molar-refractivity contribution >= 4 is 21.8 Å². The van der Waals surface area contributed by atoms with Gasteiger partial charge in [-0.25, -0.2) is 26.3 Å². The van der Waals surface area contributed by atoms with Gasteiger partial charge in [-0.1, -0.05) is 0 Å². The second-order valence-corrected chi connectivity index (χ2v) is 2.99. The van der Waals surface area contributed by atoms with Gasteiger partial charge < -0.3 is 0 Å². The van der Waals surface area contributed by atoms with Gasteiger partial charge in [0.25, 0.3) is 0 Å². The highest BCUT2D eigenvalue weighted by molar-refractivity contribution is 7.70. The fourth-order valence-corrected chi connectivity index (χ4v) is 0.883. The molecule has 0 aliphatic carbocycles. The van der Waals surface area contributed by atoms with Crippen LogP contribution in [0.15, 0.2) is 0 Å². The molecule has 0 aliphatic heterocycles. The van der Waals surface area contributed by atoms with Crippen LogP contribution < -0.4 is 9.44 Å². The normalized spacial score (nSPS) is 11.0. The first-order chi connectivity index (χ1) is 4.63. The first-order valence-electron chi connectivity index (χ1n) is 2.38. The highest BCUT2D eigenvalue weighted by atomic mass is 32.2. The molecule has 0 atom stereocenters. The second-order valence-electron chi connectivity index (χ2n) is 1.33. The third kappa shape index (κ3) is 7.82. The van der Waals surface area contributed by atoms with E-state index in [1.807, 2.05) is 9.44 Å². The van der Waals surface area contributed by atoms with Gasteiger partial charge in [-0.2, -0.15) is 0 Å². The minimum absolute atomic E-state index is 0.0853. The van der Waals surface area contributed by atoms with Gasteiger partial charge in [0.05, 0.1) is 0 Å². The van der Waals surface area contributed by atoms with E-state index in [4.69, 9.17) is 0 Å². The maximum atomic E-state index is 9.79. The van der Waals surface area contributed by atoms with Crippen LogP contribution in [0.4, 0.5) is 0 Å². The van der Waals surface area contributed by atoms with Gasteiger partial charge in [0.1, 0.15) is 0 Å². The van der Waals surface area contributed by atoms with E-state index in [0.717, 1.165) is 0 Å². The summed E-state index contributed by atoms with van der Waals surface area (Å²) in [6.45, 7) is 0.171. The maximum absolute atomic E-state index is 9.79. The van der Waals surface area contributed by atoms with Crippen LogP contribution in [0.1, 0.15) is 0 Å². The van der Waals surface area contributed by atoms with Crippen molar-refractivity contribution in [3.63, 3.8) is 0 Å². The lowest BCUT2D eigenvalue weighted by atomic mass is 10.7. The Morgan fingerprint density at radius 1 is 0.800 bits per heavy atom. The van der Waals surface area contributed by atoms with Crippen molar-refractivity contribution in [1.82, 2.24) is 9.44 Å². The monoisotopic (exact) mass is 188 g/mol. The van der Waals surface area contributed by atoms with Gasteiger partial charge >= 0.3 is 0 Å². The van der Waals surface area contributed by atoms with Gasteiger partial charge in [0.2, 0.25) is 21.8 Å². The van der Waals surface area contributed by atoms with Gasteiger partial charge in [0.15, 0.2) is 0 Å². The summed E-state index contributed by atoms with van der Waals surface area (Å²) in [4.78, 5) is 0. The molecular weight excluding hydrogens is 180 g/mol. The summed E-state index contributed by atoms with van der Waals surface area (Å²) in [5.74, 6) is 0. The summed E-state index contributed by atoms with van der Waals surface area (Å²) >= 11 is 0. The molecule has 0 heterocycles. The fraction of sp³-hybridized carbons (Fsp3) is 1.00. The van der Waals surface area contributed by atoms with E-state index in [2.05, 4.69) is 0 Å². The lowest BCUT2D eigenvalue weighted by Crippen LogP contribution is -2.25. The van der Waals surface area contributed by atoms with E-state index in [9.17, 15) is 16.8 Å². The van der Waals surface area contributed by atoms with Crippen LogP contribution in [-0.4, -0.2) is 29.9 Å². The SMILES string of the molecule is O=[SH](=O)NCCN[SH](=O)=O. The van der Waals surface area contributed by atoms with Crippen LogP contribution in [-0.2, 0) is 21.8 Å². The maximum Gasteiger partial charge on any atom is 0.201 e. The van der Waals surface area contributed by atoms with Crippen LogP contribution in [0.3, 0.4) is 0 Å². The van der Waals surface area contributed by atoms with Gasteiger partial charge in [0, 0.05) is 13.1 Å². The summed E-state index contributed by atoms with van der Waals surface area (Å²) in [6.07, 6.45) is 0. The molecule has 0 saturated heterocycles. The molecule has 0 rings (SSSR count). The van der Waals surface area contributed by atoms with Crippen LogP contribution >= 0.6 is 0 Å². The summed E-state index contributed by atoms with van der Waals surface area (Å²) in [5, 5.41) is 0. The largest absolute Gasteiger partial charge is 0.216 e. The Balaban J connectivity index is 3.21. The quantitative estimate of drug-likeness (QED) is 0.277. The molecule has 0 fully saturated rings. The first-order valence-corrected chi connectivity index (χ1v) is 4.74. The molecule has 0 bridgehead atoms. The molecule has 62 valence electrons. The zero-order chi connectivity index (χ0) is 7.98. The summed E-state index contributed by atoms with van der Waals surface area (Å²) in [7, 11) is -5.24. The molecule has 0 aromatic heterocycles. The highest BCUT2D eigenvalue weighted by Crippen LogP contribution is 1.57. The molecule has 0 aromatic rings. The molecule has 0 saturated carbocycles. The van der Waals surface area contributed by atoms with E-state index in [1.54, 1.807) is 0 Å². The molecule has 2 N–H and O–H groups in total. The van der Waals surface area contributed by atoms with Crippen molar-refractivity contribution in [3.8, 4) is 0 Å². The van der Waals surface area contributed by atoms with E-state index >= 15 is 0 Å². The number of rotatable bonds is 5. The zero-order valence-corrected chi connectivity index (χ0v) is 6.73. The predicted molar refractivity (Wildman–Crippen MR) is 36.6 cm³/mol. The average molecular weight is 188 g/mol. The lowest BCUT2D eigenvalue weighted by Gasteiger charge is -1.92. The number of nitrogens with one attached hydrogen (secondary N) is 2. The molecule has 0 aliphatic rings. The van der Waals surface area contributed by atoms with Crippen molar-refractivity contribution in [3.05, 3.63) is 0 Å². The number of hydrogen-bond acceptors (Lipinski definition) is 4. The van der Waals surface area contributed by atoms with Gasteiger partial charge in [-0.3, -0.25) is 0 Å². The van der Waals surface area contributed by atoms with E-state index in [1.165, 1.54) is 0 Å². The predicted octanol–water partition coefficient (Wildman–Crippen LogP) is -2.78. The third-order valence-corrected chi connectivity index (χ3v) is 1.57. The molecule has 0 aromatic carbocycles. The molecule has 10 heavy (non-hydrogen) atoms. The Morgan fingerprint density at radius 3 is 1.30 bits per heavy atom. The topological polar surface area (TPSA) is 92.3 Å². The van der Waals surface area contributed by atoms with Crippen LogP contribution in [0.5, 0.6) is 0 Å². The number of thiol groups is 2. The lowest BCUT2D eigenvalue weighted by molar-refractivity contribution is 0.591. The van der Waals surface area contributed by atoms with Crippen LogP contribution in [0.25, 0.3) is 0 Å². The molecule has 0 radical (unpaired) electrons. The number of hydrogen-bond donors (Lipinski definition) is 4. The van der Waals surface area contributed by atoms with E-state index in [0.29, 0.717) is 0 Å². The summed E-state index contributed by atoms with van der Waals surface area (Å²) in [6, 6.07) is 0. The van der Waals surface area contributed by atoms with Crippen molar-refractivity contribution in [1.29, 1.82) is 0 Å². The highest BCUT2D eigenvalue weighted by Gasteiger charge is 1.86. The Labute approximate surface area is 61.8 Å². The summed E-state index contributed by atoms with van der Waals surface area (Å²) < 4.78 is 43.2. The van der Waals surface area contributed by atoms with E-state index < -0.39 is 21.8 Å². The van der Waals surface area contributed by atoms with Crippen molar-refractivity contribution in [2.75, 3.05) is 13.1 Å². The van der Waals surface area contributed by atoms with Gasteiger partial charge in [-0.05, 0) is 0 Å². The van der Waals surface area contributed by atoms with Crippen LogP contribution in [0, 0.1) is 0 Å². The molecule has 0 amide bonds. The van der Waals surface area contributed by atoms with Crippen molar-refractivity contribution in [2.45, 2.75) is 0 Å². The van der Waals surface area contributed by atoms with Gasteiger partial charge in [-0.15, -0.1) is 0 Å². The fourth-order valence-electron chi connectivity index (χ4n) is 0.294. The third-order valence-electron chi connectivity index (χ3n) is 0.607. The minimum Gasteiger partial charge on any atom is -0.216 e. The zero-order valence-electron chi connectivity index (χ0n) is 4.94. The molecule has 8 heteroatoms. The Kier molecular flexibility index (Phi) is 5.49. The molecule has 0 spiro atoms. The van der Waals surface area contributed by atoms with Crippen LogP contribution in [0.2, 0.25) is 0 Å². The standard InChI is InChI=1S/C2H8N2O4S2/c5-9(6)3-1-2-4-10(7)8/h9-10H,1-2H2,(H,3,5,6)(H,4,7,8). The van der Waals surface area contributed by atoms with Crippen molar-refractivity contribution < 1.29 is 16.8 Å². The average Bonchev–Trinajstić information content (AvgIpc) is 1.79. The van der Waals surface area contributed by atoms with Crippen molar-refractivity contribution in [2.24, 2.45) is 0 Å². The molecule has 6 nitrogen and oxygen atoms in total. The minimum atomic E-state index is -2.62. The van der Waals surface area contributed by atoms with E-state index in [-0.39, 0.29) is 13.1 Å². The Morgan fingerprint density at radius 2 is 1.10 bits per heavy atom. The summed E-state index contributed by atoms with van der Waals surface area (Å²) in [5.41, 5.74) is 0. The Hall–Kier alpha value is -0.180. The first kappa shape index (κ1) is 9.82.